The van der Waals surface area contributed by atoms with Crippen LogP contribution in [0.2, 0.25) is 0 Å². The summed E-state index contributed by atoms with van der Waals surface area (Å²) in [6, 6.07) is 6.22. The summed E-state index contributed by atoms with van der Waals surface area (Å²) in [5.74, 6) is 0.724. The van der Waals surface area contributed by atoms with Crippen LogP contribution in [0.5, 0.6) is 5.75 Å². The van der Waals surface area contributed by atoms with Crippen LogP contribution in [0.3, 0.4) is 0 Å². The Morgan fingerprint density at radius 3 is 2.85 bits per heavy atom. The number of ether oxygens (including phenoxy) is 1. The lowest BCUT2D eigenvalue weighted by molar-refractivity contribution is -0.525. The molecular formula is C17H19N6O4+. The maximum atomic E-state index is 12.6. The van der Waals surface area contributed by atoms with Crippen LogP contribution < -0.4 is 15.4 Å². The number of benzene rings is 1. The Bertz CT molecular complexity index is 924. The molecule has 2 N–H and O–H groups in total. The molecule has 3 heterocycles. The summed E-state index contributed by atoms with van der Waals surface area (Å²) in [5.41, 5.74) is 5.93. The zero-order chi connectivity index (χ0) is 19.3. The zero-order valence-corrected chi connectivity index (χ0v) is 15.0. The summed E-state index contributed by atoms with van der Waals surface area (Å²) < 4.78 is 7.26. The van der Waals surface area contributed by atoms with Gasteiger partial charge in [0.05, 0.1) is 6.54 Å². The predicted octanol–water partition coefficient (Wildman–Crippen LogP) is -0.956. The van der Waals surface area contributed by atoms with Crippen molar-refractivity contribution in [3.05, 3.63) is 24.3 Å². The number of carbonyl (C=O) groups excluding carboxylic acids is 3. The van der Waals surface area contributed by atoms with Gasteiger partial charge in [-0.25, -0.2) is 14.3 Å². The van der Waals surface area contributed by atoms with Gasteiger partial charge in [-0.3, -0.25) is 19.4 Å². The van der Waals surface area contributed by atoms with Gasteiger partial charge in [0, 0.05) is 20.2 Å². The number of carbonyl (C=O) groups is 3. The number of nitrogens with zero attached hydrogens (tertiary/aromatic N) is 5. The molecule has 0 aliphatic carbocycles. The molecule has 0 saturated carbocycles. The molecule has 0 aromatic heterocycles. The highest BCUT2D eigenvalue weighted by Gasteiger charge is 2.54. The van der Waals surface area contributed by atoms with Crippen LogP contribution in [0.15, 0.2) is 29.3 Å². The van der Waals surface area contributed by atoms with Gasteiger partial charge < -0.3 is 10.5 Å². The van der Waals surface area contributed by atoms with Crippen molar-refractivity contribution in [3.8, 4) is 5.75 Å². The molecule has 1 aromatic rings. The minimum Gasteiger partial charge on any atom is -0.484 e. The number of rotatable bonds is 4. The molecule has 3 aliphatic heterocycles. The van der Waals surface area contributed by atoms with E-state index in [1.165, 1.54) is 11.9 Å². The van der Waals surface area contributed by atoms with Crippen LogP contribution in [0.1, 0.15) is 0 Å². The van der Waals surface area contributed by atoms with E-state index >= 15 is 0 Å². The number of likely N-dealkylation sites (N-methyl/N-ethyl adjacent to an activating group) is 2. The lowest BCUT2D eigenvalue weighted by atomic mass is 10.1. The summed E-state index contributed by atoms with van der Waals surface area (Å²) in [6.45, 7) is 1.03. The van der Waals surface area contributed by atoms with E-state index in [9.17, 15) is 14.4 Å². The molecule has 3 aliphatic rings. The Labute approximate surface area is 155 Å². The monoisotopic (exact) mass is 371 g/mol. The molecule has 4 rings (SSSR count). The molecule has 27 heavy (non-hydrogen) atoms. The van der Waals surface area contributed by atoms with E-state index in [0.29, 0.717) is 30.6 Å². The van der Waals surface area contributed by atoms with Crippen molar-refractivity contribution in [3.63, 3.8) is 0 Å². The van der Waals surface area contributed by atoms with Crippen LogP contribution in [-0.4, -0.2) is 83.8 Å². The molecule has 10 nitrogen and oxygen atoms in total. The van der Waals surface area contributed by atoms with E-state index in [1.807, 2.05) is 15.5 Å². The van der Waals surface area contributed by atoms with E-state index in [2.05, 4.69) is 4.99 Å². The van der Waals surface area contributed by atoms with Gasteiger partial charge in [0.1, 0.15) is 18.0 Å². The Hall–Kier alpha value is -3.43. The number of guanidine groups is 1. The van der Waals surface area contributed by atoms with Gasteiger partial charge in [0.15, 0.2) is 6.61 Å². The van der Waals surface area contributed by atoms with Crippen LogP contribution in [0, 0.1) is 0 Å². The van der Waals surface area contributed by atoms with E-state index < -0.39 is 18.0 Å². The first kappa shape index (κ1) is 17.0. The number of imide groups is 1. The molecule has 1 saturated heterocycles. The molecule has 1 atom stereocenters. The fourth-order valence-electron chi connectivity index (χ4n) is 3.48. The molecule has 140 valence electrons. The lowest BCUT2D eigenvalue weighted by Gasteiger charge is -2.31. The molecule has 0 radical (unpaired) electrons. The Morgan fingerprint density at radius 1 is 1.33 bits per heavy atom. The number of amides is 4. The average molecular weight is 371 g/mol. The summed E-state index contributed by atoms with van der Waals surface area (Å²) >= 11 is 0. The van der Waals surface area contributed by atoms with Crippen molar-refractivity contribution in [1.82, 2.24) is 9.80 Å². The van der Waals surface area contributed by atoms with Gasteiger partial charge in [-0.2, -0.15) is 0 Å². The standard InChI is InChI=1S/C17H18N6O4/c1-20-14-13(15(25)21(2)17(20)26)23-7-6-22(16(23)19-14)10-4-3-5-11(8-10)27-9-12(18)24/h3-5,8,13H,6-7,9H2,1-2H3,(H-,18,24)/p+1. The number of hydrogen-bond donors (Lipinski definition) is 1. The normalized spacial score (nSPS) is 21.5. The van der Waals surface area contributed by atoms with Crippen molar-refractivity contribution >= 4 is 35.3 Å². The highest BCUT2D eigenvalue weighted by molar-refractivity contribution is 6.24. The summed E-state index contributed by atoms with van der Waals surface area (Å²) in [7, 11) is 3.09. The fourth-order valence-corrected chi connectivity index (χ4v) is 3.48. The molecule has 10 heteroatoms. The molecule has 1 unspecified atom stereocenters. The van der Waals surface area contributed by atoms with Crippen molar-refractivity contribution in [2.24, 2.45) is 10.7 Å². The fraction of sp³-hybridized carbons (Fsp3) is 0.353. The van der Waals surface area contributed by atoms with Gasteiger partial charge in [0.2, 0.25) is 11.9 Å². The minimum atomic E-state index is -0.591. The van der Waals surface area contributed by atoms with Gasteiger partial charge in [0.25, 0.3) is 11.8 Å². The number of amidine groups is 1. The van der Waals surface area contributed by atoms with Crippen molar-refractivity contribution in [2.45, 2.75) is 6.04 Å². The summed E-state index contributed by atoms with van der Waals surface area (Å²) in [6.07, 6.45) is 0. The number of primary amides is 1. The van der Waals surface area contributed by atoms with E-state index in [0.717, 1.165) is 10.6 Å². The van der Waals surface area contributed by atoms with E-state index in [1.54, 1.807) is 25.2 Å². The van der Waals surface area contributed by atoms with Crippen molar-refractivity contribution in [1.29, 1.82) is 0 Å². The van der Waals surface area contributed by atoms with Crippen molar-refractivity contribution in [2.75, 3.05) is 38.7 Å². The number of nitrogens with two attached hydrogens (primary N) is 1. The number of anilines is 1. The number of aliphatic imine (C=N–C) groups is 1. The Kier molecular flexibility index (Phi) is 3.83. The maximum absolute atomic E-state index is 12.6. The second kappa shape index (κ2) is 6.08. The Balaban J connectivity index is 1.66. The van der Waals surface area contributed by atoms with Crippen molar-refractivity contribution < 1.29 is 23.7 Å². The first-order chi connectivity index (χ1) is 12.9. The smallest absolute Gasteiger partial charge is 0.397 e. The first-order valence-corrected chi connectivity index (χ1v) is 8.44. The molecule has 0 bridgehead atoms. The van der Waals surface area contributed by atoms with Gasteiger partial charge >= 0.3 is 12.0 Å². The third-order valence-corrected chi connectivity index (χ3v) is 4.83. The first-order valence-electron chi connectivity index (χ1n) is 8.44. The average Bonchev–Trinajstić information content (AvgIpc) is 3.22. The van der Waals surface area contributed by atoms with Gasteiger partial charge in [-0.05, 0) is 12.1 Å². The third-order valence-electron chi connectivity index (χ3n) is 4.83. The van der Waals surface area contributed by atoms with E-state index in [4.69, 9.17) is 10.5 Å². The maximum Gasteiger partial charge on any atom is 0.397 e. The second-order valence-corrected chi connectivity index (χ2v) is 6.51. The zero-order valence-electron chi connectivity index (χ0n) is 15.0. The second-order valence-electron chi connectivity index (χ2n) is 6.51. The highest BCUT2D eigenvalue weighted by atomic mass is 16.5. The molecule has 4 amide bonds. The third kappa shape index (κ3) is 2.60. The van der Waals surface area contributed by atoms with E-state index in [-0.39, 0.29) is 12.5 Å². The molecule has 0 spiro atoms. The number of fused-ring (bicyclic) bond motifs is 2. The van der Waals surface area contributed by atoms with Crippen LogP contribution in [0.25, 0.3) is 0 Å². The summed E-state index contributed by atoms with van der Waals surface area (Å²) in [4.78, 5) is 44.8. The Morgan fingerprint density at radius 2 is 2.11 bits per heavy atom. The van der Waals surface area contributed by atoms with Crippen LogP contribution in [-0.2, 0) is 9.59 Å². The quantitative estimate of drug-likeness (QED) is 0.686. The van der Waals surface area contributed by atoms with Crippen LogP contribution in [0.4, 0.5) is 10.5 Å². The van der Waals surface area contributed by atoms with Gasteiger partial charge in [-0.1, -0.05) is 11.1 Å². The predicted molar refractivity (Wildman–Crippen MR) is 95.8 cm³/mol. The highest BCUT2D eigenvalue weighted by Crippen LogP contribution is 2.28. The SMILES string of the molecule is CN1C(=O)C2C(=NC3=[N+]2CCN3c2cccc(OCC(N)=O)c2)N(C)C1=O. The topological polar surface area (TPSA) is 112 Å². The lowest BCUT2D eigenvalue weighted by Crippen LogP contribution is -2.61. The molecule has 1 aromatic carbocycles. The minimum absolute atomic E-state index is 0.204. The summed E-state index contributed by atoms with van der Waals surface area (Å²) in [5, 5.41) is 0. The molecular weight excluding hydrogens is 352 g/mol. The largest absolute Gasteiger partial charge is 0.484 e. The van der Waals surface area contributed by atoms with Gasteiger partial charge in [-0.15, -0.1) is 0 Å². The molecule has 1 fully saturated rings. The number of hydrogen-bond acceptors (Lipinski definition) is 6. The number of urea groups is 1. The van der Waals surface area contributed by atoms with Crippen LogP contribution >= 0.6 is 0 Å².